The second-order valence-corrected chi connectivity index (χ2v) is 5.16. The van der Waals surface area contributed by atoms with E-state index in [1.54, 1.807) is 0 Å². The summed E-state index contributed by atoms with van der Waals surface area (Å²) in [4.78, 5) is 0. The van der Waals surface area contributed by atoms with Gasteiger partial charge in [-0.15, -0.1) is 37.2 Å². The number of anilines is 2. The zero-order valence-corrected chi connectivity index (χ0v) is 16.2. The summed E-state index contributed by atoms with van der Waals surface area (Å²) >= 11 is 0. The second kappa shape index (κ2) is 13.9. The van der Waals surface area contributed by atoms with Crippen molar-refractivity contribution in [2.75, 3.05) is 17.6 Å². The summed E-state index contributed by atoms with van der Waals surface area (Å²) in [5.41, 5.74) is 13.3. The third-order valence-corrected chi connectivity index (χ3v) is 3.29. The quantitative estimate of drug-likeness (QED) is 0.304. The van der Waals surface area contributed by atoms with Gasteiger partial charge in [-0.25, -0.2) is 0 Å². The van der Waals surface area contributed by atoms with Crippen LogP contribution in [0.4, 0.5) is 11.4 Å². The van der Waals surface area contributed by atoms with Gasteiger partial charge in [-0.3, -0.25) is 5.73 Å². The van der Waals surface area contributed by atoms with Gasteiger partial charge in [-0.2, -0.15) is 0 Å². The zero-order chi connectivity index (χ0) is 15.8. The number of nitrogens with one attached hydrogen (secondary N) is 1. The third kappa shape index (κ3) is 9.63. The summed E-state index contributed by atoms with van der Waals surface area (Å²) in [7, 11) is 0. The van der Waals surface area contributed by atoms with E-state index in [-0.39, 0.29) is 37.2 Å². The van der Waals surface area contributed by atoms with Crippen molar-refractivity contribution >= 4 is 48.6 Å². The molecule has 0 bridgehead atoms. The lowest BCUT2D eigenvalue weighted by Crippen LogP contribution is -2.40. The van der Waals surface area contributed by atoms with E-state index in [9.17, 15) is 5.11 Å². The van der Waals surface area contributed by atoms with Gasteiger partial charge in [0.25, 0.3) is 0 Å². The van der Waals surface area contributed by atoms with Crippen LogP contribution >= 0.6 is 37.2 Å². The smallest absolute Gasteiger partial charge is 0.173 e. The molecule has 0 aliphatic heterocycles. The van der Waals surface area contributed by atoms with E-state index in [2.05, 4.69) is 5.32 Å². The van der Waals surface area contributed by atoms with Crippen LogP contribution in [0.1, 0.15) is 12.8 Å². The molecule has 5 nitrogen and oxygen atoms in total. The Morgan fingerprint density at radius 1 is 1.00 bits per heavy atom. The molecule has 25 heavy (non-hydrogen) atoms. The summed E-state index contributed by atoms with van der Waals surface area (Å²) in [6, 6.07) is 16.8. The molecule has 0 spiro atoms. The van der Waals surface area contributed by atoms with E-state index in [0.29, 0.717) is 12.2 Å². The molecule has 0 aliphatic rings. The van der Waals surface area contributed by atoms with Crippen molar-refractivity contribution in [2.45, 2.75) is 25.2 Å². The van der Waals surface area contributed by atoms with Crippen molar-refractivity contribution in [1.29, 1.82) is 0 Å². The van der Waals surface area contributed by atoms with E-state index in [4.69, 9.17) is 16.2 Å². The number of ether oxygens (including phenoxy) is 1. The molecule has 2 aromatic rings. The van der Waals surface area contributed by atoms with Crippen LogP contribution in [0.15, 0.2) is 54.6 Å². The summed E-state index contributed by atoms with van der Waals surface area (Å²) in [5.74, 6) is 0.659. The SMILES string of the molecule is Cl.Cl.Cl.Nc1cccc(NCCCC(O)C(N)Oc2ccccc2)c1. The van der Waals surface area contributed by atoms with Gasteiger partial charge in [0.1, 0.15) is 11.9 Å². The third-order valence-electron chi connectivity index (χ3n) is 3.29. The number of nitrogen functional groups attached to an aromatic ring is 1. The Kier molecular flexibility index (Phi) is 14.3. The van der Waals surface area contributed by atoms with Crippen LogP contribution in [0.2, 0.25) is 0 Å². The van der Waals surface area contributed by atoms with Crippen LogP contribution in [0.5, 0.6) is 5.75 Å². The monoisotopic (exact) mass is 409 g/mol. The fourth-order valence-corrected chi connectivity index (χ4v) is 2.09. The van der Waals surface area contributed by atoms with Crippen molar-refractivity contribution in [2.24, 2.45) is 5.73 Å². The number of halogens is 3. The molecule has 6 N–H and O–H groups in total. The van der Waals surface area contributed by atoms with Crippen LogP contribution in [0.3, 0.4) is 0 Å². The molecule has 2 rings (SSSR count). The largest absolute Gasteiger partial charge is 0.473 e. The first-order valence-corrected chi connectivity index (χ1v) is 7.40. The normalized spacial score (nSPS) is 11.8. The molecule has 0 radical (unpaired) electrons. The number of aliphatic hydroxyl groups excluding tert-OH is 1. The number of para-hydroxylation sites is 1. The van der Waals surface area contributed by atoms with Crippen LogP contribution in [0, 0.1) is 0 Å². The molecule has 8 heteroatoms. The lowest BCUT2D eigenvalue weighted by molar-refractivity contribution is 0.0340. The Balaban J connectivity index is 0. The Hall–Kier alpha value is -1.37. The highest BCUT2D eigenvalue weighted by Gasteiger charge is 2.15. The number of hydrogen-bond donors (Lipinski definition) is 4. The van der Waals surface area contributed by atoms with E-state index in [0.717, 1.165) is 24.3 Å². The van der Waals surface area contributed by atoms with Gasteiger partial charge in [0.05, 0.1) is 0 Å². The molecule has 2 aromatic carbocycles. The first-order valence-electron chi connectivity index (χ1n) is 7.40. The highest BCUT2D eigenvalue weighted by atomic mass is 35.5. The highest BCUT2D eigenvalue weighted by Crippen LogP contribution is 2.14. The topological polar surface area (TPSA) is 93.5 Å². The van der Waals surface area contributed by atoms with Gasteiger partial charge in [0.2, 0.25) is 0 Å². The van der Waals surface area contributed by atoms with E-state index < -0.39 is 12.3 Å². The molecule has 0 fully saturated rings. The van der Waals surface area contributed by atoms with Crippen LogP contribution < -0.4 is 21.5 Å². The van der Waals surface area contributed by atoms with Gasteiger partial charge in [-0.05, 0) is 43.2 Å². The van der Waals surface area contributed by atoms with Crippen LogP contribution in [-0.4, -0.2) is 24.0 Å². The predicted molar refractivity (Wildman–Crippen MR) is 111 cm³/mol. The molecule has 0 saturated heterocycles. The molecular formula is C17H26Cl3N3O2. The Labute approximate surface area is 167 Å². The lowest BCUT2D eigenvalue weighted by atomic mass is 10.1. The average molecular weight is 411 g/mol. The molecule has 2 atom stereocenters. The average Bonchev–Trinajstić information content (AvgIpc) is 2.52. The minimum absolute atomic E-state index is 0. The van der Waals surface area contributed by atoms with Gasteiger partial charge in [0, 0.05) is 17.9 Å². The number of rotatable bonds is 8. The number of benzene rings is 2. The Morgan fingerprint density at radius 2 is 1.68 bits per heavy atom. The van der Waals surface area contributed by atoms with Crippen molar-refractivity contribution in [1.82, 2.24) is 0 Å². The molecule has 0 saturated carbocycles. The predicted octanol–water partition coefficient (Wildman–Crippen LogP) is 3.45. The van der Waals surface area contributed by atoms with E-state index in [1.807, 2.05) is 54.6 Å². The number of aliphatic hydroxyl groups is 1. The van der Waals surface area contributed by atoms with Gasteiger partial charge < -0.3 is 20.9 Å². The first-order chi connectivity index (χ1) is 10.6. The summed E-state index contributed by atoms with van der Waals surface area (Å²) < 4.78 is 5.50. The maximum absolute atomic E-state index is 10.0. The van der Waals surface area contributed by atoms with Crippen LogP contribution in [-0.2, 0) is 0 Å². The summed E-state index contributed by atoms with van der Waals surface area (Å²) in [6.07, 6.45) is -0.0943. The minimum atomic E-state index is -0.727. The second-order valence-electron chi connectivity index (χ2n) is 5.16. The van der Waals surface area contributed by atoms with Gasteiger partial charge in [0.15, 0.2) is 6.23 Å². The lowest BCUT2D eigenvalue weighted by Gasteiger charge is -2.20. The fraction of sp³-hybridized carbons (Fsp3) is 0.294. The number of nitrogens with two attached hydrogens (primary N) is 2. The van der Waals surface area contributed by atoms with Crippen molar-refractivity contribution in [3.05, 3.63) is 54.6 Å². The summed E-state index contributed by atoms with van der Waals surface area (Å²) in [6.45, 7) is 0.735. The molecule has 0 amide bonds. The summed E-state index contributed by atoms with van der Waals surface area (Å²) in [5, 5.41) is 13.3. The molecule has 0 heterocycles. The van der Waals surface area contributed by atoms with Crippen molar-refractivity contribution in [3.8, 4) is 5.75 Å². The highest BCUT2D eigenvalue weighted by molar-refractivity contribution is 5.86. The van der Waals surface area contributed by atoms with Crippen LogP contribution in [0.25, 0.3) is 0 Å². The molecular weight excluding hydrogens is 385 g/mol. The first kappa shape index (κ1) is 25.9. The van der Waals surface area contributed by atoms with Gasteiger partial charge in [-0.1, -0.05) is 24.3 Å². The molecule has 0 aliphatic carbocycles. The number of hydrogen-bond acceptors (Lipinski definition) is 5. The van der Waals surface area contributed by atoms with E-state index in [1.165, 1.54) is 0 Å². The van der Waals surface area contributed by atoms with Gasteiger partial charge >= 0.3 is 0 Å². The maximum atomic E-state index is 10.0. The molecule has 142 valence electrons. The minimum Gasteiger partial charge on any atom is -0.473 e. The molecule has 2 unspecified atom stereocenters. The zero-order valence-electron chi connectivity index (χ0n) is 13.7. The Bertz CT molecular complexity index is 576. The fourth-order valence-electron chi connectivity index (χ4n) is 2.09. The van der Waals surface area contributed by atoms with E-state index >= 15 is 0 Å². The molecule has 0 aromatic heterocycles. The van der Waals surface area contributed by atoms with Crippen molar-refractivity contribution in [3.63, 3.8) is 0 Å². The standard InChI is InChI=1S/C17H23N3O2.3ClH/c18-13-6-4-7-14(12-13)20-11-5-10-16(21)17(19)22-15-8-2-1-3-9-15;;;/h1-4,6-9,12,16-17,20-21H,5,10-11,18-19H2;3*1H. The van der Waals surface area contributed by atoms with Crippen molar-refractivity contribution < 1.29 is 9.84 Å². The Morgan fingerprint density at radius 3 is 2.32 bits per heavy atom. The maximum Gasteiger partial charge on any atom is 0.173 e.